The van der Waals surface area contributed by atoms with Gasteiger partial charge in [0.05, 0.1) is 16.3 Å². The molecular weight excluding hydrogens is 418 g/mol. The van der Waals surface area contributed by atoms with E-state index < -0.39 is 0 Å². The van der Waals surface area contributed by atoms with Gasteiger partial charge in [-0.15, -0.1) is 11.3 Å². The Hall–Kier alpha value is -2.73. The minimum atomic E-state index is -0.387. The summed E-state index contributed by atoms with van der Waals surface area (Å²) in [5, 5.41) is 6.73. The summed E-state index contributed by atoms with van der Waals surface area (Å²) in [6.45, 7) is 3.47. The maximum atomic E-state index is 13.8. The fraction of sp³-hybridized carbons (Fsp3) is 0.423. The summed E-state index contributed by atoms with van der Waals surface area (Å²) in [5.74, 6) is 0.421. The molecule has 3 heterocycles. The van der Waals surface area contributed by atoms with Crippen LogP contribution >= 0.6 is 11.3 Å². The smallest absolute Gasteiger partial charge is 0.267 e. The molecule has 2 atom stereocenters. The molecule has 2 fully saturated rings. The molecule has 3 aromatic rings. The van der Waals surface area contributed by atoms with Crippen LogP contribution in [0.5, 0.6) is 0 Å². The number of hydrogen-bond acceptors (Lipinski definition) is 4. The van der Waals surface area contributed by atoms with Gasteiger partial charge in [0.2, 0.25) is 5.91 Å². The molecule has 5 nitrogen and oxygen atoms in total. The number of carbonyl (C=O) groups excluding carboxylic acids is 1. The molecule has 6 heteroatoms. The molecule has 1 amide bonds. The fourth-order valence-electron chi connectivity index (χ4n) is 5.56. The van der Waals surface area contributed by atoms with Crippen LogP contribution in [-0.4, -0.2) is 33.7 Å². The predicted molar refractivity (Wildman–Crippen MR) is 128 cm³/mol. The first-order valence-corrected chi connectivity index (χ1v) is 12.5. The largest absolute Gasteiger partial charge is 0.342 e. The topological polar surface area (TPSA) is 55.2 Å². The van der Waals surface area contributed by atoms with Crippen molar-refractivity contribution < 1.29 is 4.79 Å². The molecule has 166 valence electrons. The number of carbonyl (C=O) groups is 1. The number of hydrogen-bond donors (Lipinski definition) is 0. The zero-order chi connectivity index (χ0) is 22.1. The van der Waals surface area contributed by atoms with E-state index in [1.54, 1.807) is 28.2 Å². The van der Waals surface area contributed by atoms with E-state index in [4.69, 9.17) is 5.10 Å². The molecule has 1 aliphatic carbocycles. The van der Waals surface area contributed by atoms with Gasteiger partial charge in [0.1, 0.15) is 5.69 Å². The zero-order valence-corrected chi connectivity index (χ0v) is 19.3. The molecule has 0 N–H and O–H groups in total. The van der Waals surface area contributed by atoms with Crippen LogP contribution in [0.25, 0.3) is 10.6 Å². The van der Waals surface area contributed by atoms with Gasteiger partial charge in [0.15, 0.2) is 0 Å². The highest BCUT2D eigenvalue weighted by Gasteiger charge is 2.46. The zero-order valence-electron chi connectivity index (χ0n) is 18.4. The summed E-state index contributed by atoms with van der Waals surface area (Å²) < 4.78 is 1.66. The van der Waals surface area contributed by atoms with E-state index in [1.807, 2.05) is 40.6 Å². The van der Waals surface area contributed by atoms with Crippen molar-refractivity contribution in [3.05, 3.63) is 75.9 Å². The number of thiophene rings is 1. The standard InChI is InChI=1S/C26H29N3O2S/c1-19-18-28(25(31)26(14-5-6-15-26)20-8-3-2-4-9-20)16-13-22(19)29-24(30)12-11-21(27-29)23-10-7-17-32-23/h2-4,7-12,17,19,22H,5-6,13-16,18H2,1H3/t19-,22-/m1/s1. The molecule has 0 unspecified atom stereocenters. The van der Waals surface area contributed by atoms with E-state index in [1.165, 1.54) is 0 Å². The molecule has 2 aromatic heterocycles. The van der Waals surface area contributed by atoms with Gasteiger partial charge >= 0.3 is 0 Å². The second kappa shape index (κ2) is 8.66. The Balaban J connectivity index is 1.37. The molecule has 2 aliphatic rings. The third-order valence-electron chi connectivity index (χ3n) is 7.25. The SMILES string of the molecule is C[C@@H]1CN(C(=O)C2(c3ccccc3)CCCC2)CC[C@H]1n1nc(-c2cccs2)ccc1=O. The van der Waals surface area contributed by atoms with Crippen molar-refractivity contribution in [1.29, 1.82) is 0 Å². The lowest BCUT2D eigenvalue weighted by Crippen LogP contribution is -2.51. The third-order valence-corrected chi connectivity index (χ3v) is 8.15. The molecule has 0 spiro atoms. The highest BCUT2D eigenvalue weighted by atomic mass is 32.1. The van der Waals surface area contributed by atoms with Crippen LogP contribution in [0.2, 0.25) is 0 Å². The van der Waals surface area contributed by atoms with Crippen LogP contribution in [0.4, 0.5) is 0 Å². The van der Waals surface area contributed by atoms with Crippen LogP contribution in [0, 0.1) is 5.92 Å². The minimum Gasteiger partial charge on any atom is -0.342 e. The van der Waals surface area contributed by atoms with Crippen molar-refractivity contribution >= 4 is 17.2 Å². The van der Waals surface area contributed by atoms with Gasteiger partial charge in [-0.2, -0.15) is 5.10 Å². The molecule has 0 radical (unpaired) electrons. The van der Waals surface area contributed by atoms with Crippen LogP contribution in [-0.2, 0) is 10.2 Å². The van der Waals surface area contributed by atoms with Crippen LogP contribution in [0.1, 0.15) is 50.6 Å². The maximum absolute atomic E-state index is 13.8. The minimum absolute atomic E-state index is 0.00251. The molecule has 1 saturated heterocycles. The lowest BCUT2D eigenvalue weighted by molar-refractivity contribution is -0.139. The van der Waals surface area contributed by atoms with Crippen molar-refractivity contribution in [2.24, 2.45) is 5.92 Å². The van der Waals surface area contributed by atoms with Gasteiger partial charge in [-0.25, -0.2) is 4.68 Å². The number of nitrogens with zero attached hydrogens (tertiary/aromatic N) is 3. The predicted octanol–water partition coefficient (Wildman–Crippen LogP) is 4.89. The second-order valence-corrected chi connectivity index (χ2v) is 10.2. The fourth-order valence-corrected chi connectivity index (χ4v) is 6.25. The van der Waals surface area contributed by atoms with E-state index in [2.05, 4.69) is 19.1 Å². The van der Waals surface area contributed by atoms with Gasteiger partial charge < -0.3 is 4.90 Å². The van der Waals surface area contributed by atoms with E-state index >= 15 is 0 Å². The van der Waals surface area contributed by atoms with Crippen molar-refractivity contribution in [2.45, 2.75) is 50.5 Å². The lowest BCUT2D eigenvalue weighted by Gasteiger charge is -2.41. The van der Waals surface area contributed by atoms with Gasteiger partial charge in [-0.05, 0) is 48.3 Å². The molecule has 0 bridgehead atoms. The molecule has 1 aliphatic heterocycles. The molecule has 1 saturated carbocycles. The van der Waals surface area contributed by atoms with Gasteiger partial charge in [0, 0.05) is 19.2 Å². The normalized spacial score (nSPS) is 22.7. The average molecular weight is 448 g/mol. The number of likely N-dealkylation sites (tertiary alicyclic amines) is 1. The van der Waals surface area contributed by atoms with E-state index in [0.29, 0.717) is 13.1 Å². The third kappa shape index (κ3) is 3.71. The number of benzene rings is 1. The average Bonchev–Trinajstić information content (AvgIpc) is 3.53. The molecule has 32 heavy (non-hydrogen) atoms. The Morgan fingerprint density at radius 1 is 1.06 bits per heavy atom. The van der Waals surface area contributed by atoms with Gasteiger partial charge in [-0.3, -0.25) is 9.59 Å². The summed E-state index contributed by atoms with van der Waals surface area (Å²) in [6, 6.07) is 17.8. The van der Waals surface area contributed by atoms with Crippen molar-refractivity contribution in [2.75, 3.05) is 13.1 Å². The maximum Gasteiger partial charge on any atom is 0.267 e. The Morgan fingerprint density at radius 3 is 2.53 bits per heavy atom. The van der Waals surface area contributed by atoms with E-state index in [-0.39, 0.29) is 28.8 Å². The van der Waals surface area contributed by atoms with Crippen molar-refractivity contribution in [3.63, 3.8) is 0 Å². The van der Waals surface area contributed by atoms with Crippen LogP contribution < -0.4 is 5.56 Å². The van der Waals surface area contributed by atoms with Crippen molar-refractivity contribution in [3.8, 4) is 10.6 Å². The molecular formula is C26H29N3O2S. The number of rotatable bonds is 4. The second-order valence-electron chi connectivity index (χ2n) is 9.22. The first-order valence-electron chi connectivity index (χ1n) is 11.6. The monoisotopic (exact) mass is 447 g/mol. The highest BCUT2D eigenvalue weighted by molar-refractivity contribution is 7.13. The summed E-state index contributed by atoms with van der Waals surface area (Å²) in [5.41, 5.74) is 1.53. The molecule has 5 rings (SSSR count). The van der Waals surface area contributed by atoms with Crippen LogP contribution in [0.3, 0.4) is 0 Å². The quantitative estimate of drug-likeness (QED) is 0.572. The first-order chi connectivity index (χ1) is 15.6. The Bertz CT molecular complexity index is 1130. The summed E-state index contributed by atoms with van der Waals surface area (Å²) >= 11 is 1.62. The summed E-state index contributed by atoms with van der Waals surface area (Å²) in [7, 11) is 0. The number of piperidine rings is 1. The number of amides is 1. The molecule has 1 aromatic carbocycles. The van der Waals surface area contributed by atoms with Gasteiger partial charge in [-0.1, -0.05) is 56.2 Å². The lowest BCUT2D eigenvalue weighted by atomic mass is 9.77. The number of aromatic nitrogens is 2. The Morgan fingerprint density at radius 2 is 1.84 bits per heavy atom. The summed E-state index contributed by atoms with van der Waals surface area (Å²) in [6.07, 6.45) is 4.80. The van der Waals surface area contributed by atoms with Gasteiger partial charge in [0.25, 0.3) is 5.56 Å². The first kappa shape index (κ1) is 21.1. The summed E-state index contributed by atoms with van der Waals surface area (Å²) in [4.78, 5) is 29.6. The Kier molecular flexibility index (Phi) is 5.72. The Labute approximate surface area is 192 Å². The van der Waals surface area contributed by atoms with Crippen LogP contribution in [0.15, 0.2) is 64.8 Å². The van der Waals surface area contributed by atoms with Crippen molar-refractivity contribution in [1.82, 2.24) is 14.7 Å². The highest BCUT2D eigenvalue weighted by Crippen LogP contribution is 2.43. The van der Waals surface area contributed by atoms with E-state index in [0.717, 1.165) is 48.2 Å². The van der Waals surface area contributed by atoms with E-state index in [9.17, 15) is 9.59 Å².